The summed E-state index contributed by atoms with van der Waals surface area (Å²) < 4.78 is 12.2. The molecule has 0 unspecified atom stereocenters. The Morgan fingerprint density at radius 2 is 2.20 bits per heavy atom. The van der Waals surface area contributed by atoms with E-state index >= 15 is 0 Å². The van der Waals surface area contributed by atoms with Gasteiger partial charge in [0.05, 0.1) is 11.0 Å². The first-order valence-electron chi connectivity index (χ1n) is 2.60. The average molecular weight is 140 g/mol. The van der Waals surface area contributed by atoms with Crippen LogP contribution in [-0.4, -0.2) is 4.92 Å². The highest BCUT2D eigenvalue weighted by molar-refractivity contribution is 5.29. The van der Waals surface area contributed by atoms with Crippen LogP contribution in [0.5, 0.6) is 0 Å². The highest BCUT2D eigenvalue weighted by atomic mass is 18.2. The lowest BCUT2D eigenvalue weighted by Crippen LogP contribution is -1.87. The van der Waals surface area contributed by atoms with Crippen molar-refractivity contribution in [2.24, 2.45) is 0 Å². The molecule has 0 aliphatic heterocycles. The van der Waals surface area contributed by atoms with Gasteiger partial charge in [-0.1, -0.05) is 6.07 Å². The topological polar surface area (TPSA) is 43.1 Å². The van der Waals surface area contributed by atoms with E-state index in [0.29, 0.717) is 0 Å². The first kappa shape index (κ1) is 6.67. The molecule has 0 aliphatic carbocycles. The summed E-state index contributed by atoms with van der Waals surface area (Å²) in [5, 5.41) is 9.99. The molecule has 4 heteroatoms. The number of nitro benzene ring substituents is 1. The number of hydrogen-bond acceptors (Lipinski definition) is 2. The van der Waals surface area contributed by atoms with Gasteiger partial charge in [-0.25, -0.2) is 4.39 Å². The van der Waals surface area contributed by atoms with Gasteiger partial charge in [0, 0.05) is 6.07 Å². The molecule has 1 aromatic carbocycles. The van der Waals surface area contributed by atoms with Gasteiger partial charge >= 0.3 is 0 Å². The minimum Gasteiger partial charge on any atom is -0.258 e. The molecule has 10 heavy (non-hydrogen) atoms. The SMILES string of the molecule is O=[N+]([O-])c1cccc([18F])c1. The molecule has 0 bridgehead atoms. The number of hydrogen-bond donors (Lipinski definition) is 0. The third-order valence-electron chi connectivity index (χ3n) is 1.02. The fraction of sp³-hybridized carbons (Fsp3) is 0. The molecular weight excluding hydrogens is 136 g/mol. The van der Waals surface area contributed by atoms with E-state index in [1.165, 1.54) is 12.1 Å². The maximum Gasteiger partial charge on any atom is 0.272 e. The predicted molar refractivity (Wildman–Crippen MR) is 33.1 cm³/mol. The van der Waals surface area contributed by atoms with Crippen molar-refractivity contribution >= 4 is 5.69 Å². The Morgan fingerprint density at radius 3 is 2.60 bits per heavy atom. The van der Waals surface area contributed by atoms with E-state index in [-0.39, 0.29) is 5.69 Å². The van der Waals surface area contributed by atoms with E-state index in [1.54, 1.807) is 0 Å². The maximum absolute atomic E-state index is 12.2. The van der Waals surface area contributed by atoms with Crippen molar-refractivity contribution in [3.8, 4) is 0 Å². The summed E-state index contributed by atoms with van der Waals surface area (Å²) in [5.41, 5.74) is -0.222. The predicted octanol–water partition coefficient (Wildman–Crippen LogP) is 1.73. The maximum atomic E-state index is 12.2. The molecular formula is C6H4FNO2. The van der Waals surface area contributed by atoms with Crippen LogP contribution in [-0.2, 0) is 0 Å². The van der Waals surface area contributed by atoms with Crippen molar-refractivity contribution < 1.29 is 9.31 Å². The standard InChI is InChI=1S/C6H4FNO2/c7-5-2-1-3-6(4-5)8(9)10/h1-4H/i7-1. The summed E-state index contributed by atoms with van der Waals surface area (Å²) in [6.45, 7) is 0. The van der Waals surface area contributed by atoms with Crippen molar-refractivity contribution in [2.45, 2.75) is 0 Å². The molecule has 0 heterocycles. The Bertz CT molecular complexity index is 262. The molecule has 3 nitrogen and oxygen atoms in total. The molecule has 0 spiro atoms. The lowest BCUT2D eigenvalue weighted by molar-refractivity contribution is -0.385. The quantitative estimate of drug-likeness (QED) is 0.440. The summed E-state index contributed by atoms with van der Waals surface area (Å²) >= 11 is 0. The first-order valence-corrected chi connectivity index (χ1v) is 2.60. The number of nitrogens with zero attached hydrogens (tertiary/aromatic N) is 1. The van der Waals surface area contributed by atoms with Crippen molar-refractivity contribution in [1.29, 1.82) is 0 Å². The summed E-state index contributed by atoms with van der Waals surface area (Å²) in [5.74, 6) is -0.589. The van der Waals surface area contributed by atoms with Gasteiger partial charge in [0.1, 0.15) is 5.82 Å². The van der Waals surface area contributed by atoms with E-state index in [4.69, 9.17) is 0 Å². The van der Waals surface area contributed by atoms with E-state index in [0.717, 1.165) is 12.1 Å². The summed E-state index contributed by atoms with van der Waals surface area (Å²) in [6.07, 6.45) is 0. The number of benzene rings is 1. The minimum absolute atomic E-state index is 0.222. The Kier molecular flexibility index (Phi) is 1.62. The molecule has 0 atom stereocenters. The molecule has 52 valence electrons. The zero-order chi connectivity index (χ0) is 7.56. The number of nitro groups is 1. The van der Waals surface area contributed by atoms with Crippen LogP contribution in [0.25, 0.3) is 0 Å². The molecule has 0 N–H and O–H groups in total. The zero-order valence-electron chi connectivity index (χ0n) is 4.95. The largest absolute Gasteiger partial charge is 0.272 e. The van der Waals surface area contributed by atoms with Crippen LogP contribution >= 0.6 is 0 Å². The number of non-ortho nitro benzene ring substituents is 1. The Morgan fingerprint density at radius 1 is 1.50 bits per heavy atom. The molecule has 1 aromatic rings. The second-order valence-corrected chi connectivity index (χ2v) is 1.74. The van der Waals surface area contributed by atoms with Crippen LogP contribution in [0.2, 0.25) is 0 Å². The smallest absolute Gasteiger partial charge is 0.258 e. The second kappa shape index (κ2) is 2.43. The zero-order valence-corrected chi connectivity index (χ0v) is 4.95. The Labute approximate surface area is 56.2 Å². The fourth-order valence-corrected chi connectivity index (χ4v) is 0.590. The summed E-state index contributed by atoms with van der Waals surface area (Å²) in [4.78, 5) is 9.36. The summed E-state index contributed by atoms with van der Waals surface area (Å²) in [7, 11) is 0. The van der Waals surface area contributed by atoms with Crippen LogP contribution in [0.4, 0.5) is 10.1 Å². The van der Waals surface area contributed by atoms with Crippen molar-refractivity contribution in [1.82, 2.24) is 0 Å². The normalized spacial score (nSPS) is 9.30. The highest BCUT2D eigenvalue weighted by Gasteiger charge is 2.03. The van der Waals surface area contributed by atoms with Gasteiger partial charge in [0.2, 0.25) is 0 Å². The Balaban J connectivity index is 3.07. The number of rotatable bonds is 1. The van der Waals surface area contributed by atoms with Gasteiger partial charge in [-0.3, -0.25) is 10.1 Å². The van der Waals surface area contributed by atoms with Crippen molar-refractivity contribution in [3.05, 3.63) is 40.2 Å². The molecule has 0 saturated carbocycles. The van der Waals surface area contributed by atoms with Crippen molar-refractivity contribution in [2.75, 3.05) is 0 Å². The summed E-state index contributed by atoms with van der Waals surface area (Å²) in [6, 6.07) is 4.57. The van der Waals surface area contributed by atoms with E-state index < -0.39 is 10.7 Å². The Hall–Kier alpha value is -1.45. The number of halogens is 1. The lowest BCUT2D eigenvalue weighted by Gasteiger charge is -1.88. The first-order chi connectivity index (χ1) is 4.70. The van der Waals surface area contributed by atoms with Gasteiger partial charge in [0.15, 0.2) is 0 Å². The van der Waals surface area contributed by atoms with Gasteiger partial charge in [-0.2, -0.15) is 0 Å². The van der Waals surface area contributed by atoms with Gasteiger partial charge in [-0.15, -0.1) is 0 Å². The lowest BCUT2D eigenvalue weighted by atomic mass is 10.3. The van der Waals surface area contributed by atoms with E-state index in [2.05, 4.69) is 0 Å². The third kappa shape index (κ3) is 1.28. The van der Waals surface area contributed by atoms with Gasteiger partial charge in [0.25, 0.3) is 5.69 Å². The molecule has 0 fully saturated rings. The van der Waals surface area contributed by atoms with Crippen LogP contribution in [0.1, 0.15) is 0 Å². The highest BCUT2D eigenvalue weighted by Crippen LogP contribution is 2.10. The molecule has 0 radical (unpaired) electrons. The van der Waals surface area contributed by atoms with Gasteiger partial charge < -0.3 is 0 Å². The monoisotopic (exact) mass is 140 g/mol. The molecule has 1 rings (SSSR count). The van der Waals surface area contributed by atoms with Crippen LogP contribution in [0.15, 0.2) is 24.3 Å². The molecule has 0 aromatic heterocycles. The van der Waals surface area contributed by atoms with Crippen LogP contribution in [0, 0.1) is 15.9 Å². The molecule has 0 saturated heterocycles. The third-order valence-corrected chi connectivity index (χ3v) is 1.02. The van der Waals surface area contributed by atoms with E-state index in [9.17, 15) is 14.5 Å². The van der Waals surface area contributed by atoms with Crippen LogP contribution < -0.4 is 0 Å². The van der Waals surface area contributed by atoms with Crippen LogP contribution in [0.3, 0.4) is 0 Å². The minimum atomic E-state index is -0.636. The van der Waals surface area contributed by atoms with Gasteiger partial charge in [-0.05, 0) is 6.07 Å². The fourth-order valence-electron chi connectivity index (χ4n) is 0.590. The molecule has 0 aliphatic rings. The second-order valence-electron chi connectivity index (χ2n) is 1.74. The van der Waals surface area contributed by atoms with Crippen molar-refractivity contribution in [3.63, 3.8) is 0 Å². The molecule has 0 amide bonds. The average Bonchev–Trinajstić information content (AvgIpc) is 1.88. The van der Waals surface area contributed by atoms with E-state index in [1.807, 2.05) is 0 Å².